The number of nitrogens with zero attached hydrogens (tertiary/aromatic N) is 2. The monoisotopic (exact) mass is 309 g/mol. The molecule has 121 valence electrons. The fourth-order valence-corrected chi connectivity index (χ4v) is 3.29. The van der Waals surface area contributed by atoms with Crippen LogP contribution in [0.3, 0.4) is 0 Å². The first kappa shape index (κ1) is 16.5. The largest absolute Gasteiger partial charge is 0.382 e. The highest BCUT2D eigenvalue weighted by atomic mass is 16.5. The molecule has 1 heterocycles. The van der Waals surface area contributed by atoms with Gasteiger partial charge in [0.2, 0.25) is 0 Å². The molecule has 2 atom stereocenters. The van der Waals surface area contributed by atoms with E-state index in [9.17, 15) is 0 Å². The van der Waals surface area contributed by atoms with Gasteiger partial charge in [0, 0.05) is 25.5 Å². The highest BCUT2D eigenvalue weighted by Gasteiger charge is 2.30. The van der Waals surface area contributed by atoms with Crippen molar-refractivity contribution in [2.45, 2.75) is 31.7 Å². The number of rotatable bonds is 6. The van der Waals surface area contributed by atoms with Crippen LogP contribution in [0.5, 0.6) is 0 Å². The van der Waals surface area contributed by atoms with Gasteiger partial charge in [-0.15, -0.1) is 0 Å². The Kier molecular flexibility index (Phi) is 5.71. The van der Waals surface area contributed by atoms with Crippen LogP contribution in [0.1, 0.15) is 31.2 Å². The molecule has 1 aliphatic carbocycles. The van der Waals surface area contributed by atoms with Crippen molar-refractivity contribution in [1.82, 2.24) is 5.01 Å². The molecule has 3 nitrogen and oxygen atoms in total. The fraction of sp³-hybridized carbons (Fsp3) is 0.400. The Morgan fingerprint density at radius 3 is 2.70 bits per heavy atom. The zero-order valence-corrected chi connectivity index (χ0v) is 14.0. The van der Waals surface area contributed by atoms with E-state index in [0.717, 1.165) is 25.3 Å². The molecular formula is C20H25N2O. The minimum Gasteiger partial charge on any atom is -0.382 e. The predicted molar refractivity (Wildman–Crippen MR) is 94.3 cm³/mol. The van der Waals surface area contributed by atoms with E-state index in [2.05, 4.69) is 67.9 Å². The maximum absolute atomic E-state index is 5.36. The fourth-order valence-electron chi connectivity index (χ4n) is 3.29. The molecule has 0 bridgehead atoms. The third kappa shape index (κ3) is 3.95. The van der Waals surface area contributed by atoms with E-state index in [0.29, 0.717) is 6.04 Å². The van der Waals surface area contributed by atoms with Gasteiger partial charge in [0.25, 0.3) is 0 Å². The minimum atomic E-state index is 0.266. The average molecular weight is 309 g/mol. The number of hydrogen-bond donors (Lipinski definition) is 0. The van der Waals surface area contributed by atoms with Gasteiger partial charge in [-0.05, 0) is 44.1 Å². The van der Waals surface area contributed by atoms with E-state index < -0.39 is 0 Å². The van der Waals surface area contributed by atoms with Crippen LogP contribution >= 0.6 is 0 Å². The number of methoxy groups -OCH3 is 1. The summed E-state index contributed by atoms with van der Waals surface area (Å²) in [6.45, 7) is 4.00. The van der Waals surface area contributed by atoms with Crippen LogP contribution in [0.4, 0.5) is 0 Å². The summed E-state index contributed by atoms with van der Waals surface area (Å²) in [5.74, 6) is 1.48. The Bertz CT molecular complexity index is 508. The van der Waals surface area contributed by atoms with Crippen molar-refractivity contribution in [3.8, 4) is 0 Å². The second kappa shape index (κ2) is 7.96. The van der Waals surface area contributed by atoms with Crippen LogP contribution in [0, 0.1) is 31.6 Å². The molecule has 1 saturated heterocycles. The van der Waals surface area contributed by atoms with Crippen molar-refractivity contribution in [2.75, 3.05) is 20.3 Å². The Balaban J connectivity index is 1.84. The van der Waals surface area contributed by atoms with Crippen LogP contribution in [-0.4, -0.2) is 37.0 Å². The third-order valence-corrected chi connectivity index (χ3v) is 4.61. The molecule has 5 radical (unpaired) electrons. The Hall–Kier alpha value is -1.35. The van der Waals surface area contributed by atoms with Gasteiger partial charge in [0.05, 0.1) is 18.4 Å². The normalized spacial score (nSPS) is 24.3. The Labute approximate surface area is 140 Å². The molecule has 0 aromatic heterocycles. The second-order valence-electron chi connectivity index (χ2n) is 6.21. The van der Waals surface area contributed by atoms with Crippen molar-refractivity contribution < 1.29 is 4.74 Å². The molecule has 0 spiro atoms. The quantitative estimate of drug-likeness (QED) is 0.749. The SMILES string of the molecule is COC[C@@H]1CCCN1/N=C(/[C]1[CH][CH][CH][CH]1)[C@H](C)c1ccccc1. The van der Waals surface area contributed by atoms with Crippen LogP contribution in [0.2, 0.25) is 0 Å². The maximum atomic E-state index is 5.36. The first-order valence-corrected chi connectivity index (χ1v) is 8.40. The first-order chi connectivity index (χ1) is 11.3. The van der Waals surface area contributed by atoms with Crippen LogP contribution in [0.25, 0.3) is 0 Å². The zero-order valence-electron chi connectivity index (χ0n) is 14.0. The summed E-state index contributed by atoms with van der Waals surface area (Å²) < 4.78 is 5.36. The lowest BCUT2D eigenvalue weighted by molar-refractivity contribution is 0.117. The molecule has 3 heteroatoms. The smallest absolute Gasteiger partial charge is 0.0704 e. The summed E-state index contributed by atoms with van der Waals surface area (Å²) in [6, 6.07) is 11.0. The van der Waals surface area contributed by atoms with Crippen molar-refractivity contribution >= 4 is 5.71 Å². The molecule has 0 N–H and O–H groups in total. The summed E-state index contributed by atoms with van der Waals surface area (Å²) in [5, 5.41) is 7.29. The molecule has 2 fully saturated rings. The summed E-state index contributed by atoms with van der Waals surface area (Å²) in [4.78, 5) is 0. The minimum absolute atomic E-state index is 0.266. The van der Waals surface area contributed by atoms with E-state index in [1.807, 2.05) is 0 Å². The van der Waals surface area contributed by atoms with Gasteiger partial charge in [0.15, 0.2) is 0 Å². The molecule has 3 rings (SSSR count). The van der Waals surface area contributed by atoms with Gasteiger partial charge in [-0.25, -0.2) is 0 Å². The van der Waals surface area contributed by atoms with Gasteiger partial charge in [-0.3, -0.25) is 5.01 Å². The lowest BCUT2D eigenvalue weighted by atomic mass is 9.87. The molecule has 0 unspecified atom stereocenters. The van der Waals surface area contributed by atoms with E-state index in [1.165, 1.54) is 17.9 Å². The molecule has 23 heavy (non-hydrogen) atoms. The summed E-state index contributed by atoms with van der Waals surface area (Å²) in [5.41, 5.74) is 2.44. The highest BCUT2D eigenvalue weighted by molar-refractivity contribution is 6.05. The van der Waals surface area contributed by atoms with Gasteiger partial charge >= 0.3 is 0 Å². The van der Waals surface area contributed by atoms with Crippen molar-refractivity contribution in [2.24, 2.45) is 5.10 Å². The summed E-state index contributed by atoms with van der Waals surface area (Å²) in [7, 11) is 1.77. The molecule has 1 aliphatic heterocycles. The standard InChI is InChI=1S/C20H25N2O/c1-16(17-9-4-3-5-10-17)20(18-11-6-7-12-18)21-22-14-8-13-19(22)15-23-2/h3-7,9-12,16,19H,8,13-15H2,1-2H3/b21-20+/t16-,19+/m1/s1. The first-order valence-electron chi connectivity index (χ1n) is 8.40. The lowest BCUT2D eigenvalue weighted by Crippen LogP contribution is -2.31. The average Bonchev–Trinajstić information content (AvgIpc) is 3.25. The number of benzene rings is 1. The van der Waals surface area contributed by atoms with E-state index in [1.54, 1.807) is 7.11 Å². The van der Waals surface area contributed by atoms with Crippen molar-refractivity contribution in [3.63, 3.8) is 0 Å². The topological polar surface area (TPSA) is 24.8 Å². The second-order valence-corrected chi connectivity index (χ2v) is 6.21. The van der Waals surface area contributed by atoms with Gasteiger partial charge in [-0.2, -0.15) is 5.10 Å². The van der Waals surface area contributed by atoms with Crippen LogP contribution in [-0.2, 0) is 4.74 Å². The van der Waals surface area contributed by atoms with E-state index >= 15 is 0 Å². The number of ether oxygens (including phenoxy) is 1. The molecule has 0 amide bonds. The number of hydrazone groups is 1. The maximum Gasteiger partial charge on any atom is 0.0704 e. The Morgan fingerprint density at radius 1 is 1.26 bits per heavy atom. The van der Waals surface area contributed by atoms with Crippen LogP contribution < -0.4 is 0 Å². The molecule has 1 saturated carbocycles. The number of hydrogen-bond acceptors (Lipinski definition) is 3. The van der Waals surface area contributed by atoms with Crippen molar-refractivity contribution in [3.05, 3.63) is 67.5 Å². The Morgan fingerprint density at radius 2 is 2.00 bits per heavy atom. The van der Waals surface area contributed by atoms with E-state index in [-0.39, 0.29) is 5.92 Å². The van der Waals surface area contributed by atoms with Gasteiger partial charge in [-0.1, -0.05) is 37.3 Å². The summed E-state index contributed by atoms with van der Waals surface area (Å²) in [6.07, 6.45) is 10.8. The van der Waals surface area contributed by atoms with Gasteiger partial charge in [0.1, 0.15) is 0 Å². The molecule has 1 aromatic carbocycles. The van der Waals surface area contributed by atoms with Gasteiger partial charge < -0.3 is 4.74 Å². The summed E-state index contributed by atoms with van der Waals surface area (Å²) >= 11 is 0. The predicted octanol–water partition coefficient (Wildman–Crippen LogP) is 3.66. The lowest BCUT2D eigenvalue weighted by Gasteiger charge is -2.26. The van der Waals surface area contributed by atoms with E-state index in [4.69, 9.17) is 9.84 Å². The van der Waals surface area contributed by atoms with Crippen molar-refractivity contribution in [1.29, 1.82) is 0 Å². The highest BCUT2D eigenvalue weighted by Crippen LogP contribution is 2.33. The molecule has 1 aromatic rings. The molecule has 2 aliphatic rings. The third-order valence-electron chi connectivity index (χ3n) is 4.61. The molecular weight excluding hydrogens is 284 g/mol. The van der Waals surface area contributed by atoms with Crippen LogP contribution in [0.15, 0.2) is 35.4 Å². The zero-order chi connectivity index (χ0) is 16.1.